The minimum absolute atomic E-state index is 0.0731. The lowest BCUT2D eigenvalue weighted by molar-refractivity contribution is -0.116. The van der Waals surface area contributed by atoms with Gasteiger partial charge in [-0.05, 0) is 24.1 Å². The van der Waals surface area contributed by atoms with Crippen LogP contribution < -0.4 is 4.90 Å². The number of rotatable bonds is 5. The third kappa shape index (κ3) is 3.32. The smallest absolute Gasteiger partial charge is 0.243 e. The van der Waals surface area contributed by atoms with Crippen molar-refractivity contribution in [3.05, 3.63) is 41.7 Å². The summed E-state index contributed by atoms with van der Waals surface area (Å²) in [6.45, 7) is 4.52. The quantitative estimate of drug-likeness (QED) is 0.809. The van der Waals surface area contributed by atoms with Crippen LogP contribution in [0.4, 0.5) is 5.69 Å². The Labute approximate surface area is 147 Å². The third-order valence-corrected chi connectivity index (χ3v) is 6.36. The molecule has 0 atom stereocenters. The molecule has 0 aliphatic carbocycles. The molecule has 1 aliphatic heterocycles. The van der Waals surface area contributed by atoms with Crippen molar-refractivity contribution < 1.29 is 13.2 Å². The first kappa shape index (κ1) is 17.6. The highest BCUT2D eigenvalue weighted by Crippen LogP contribution is 2.31. The summed E-state index contributed by atoms with van der Waals surface area (Å²) in [6.07, 6.45) is 4.22. The number of carbonyl (C=O) groups excluding carboxylic acids is 1. The van der Waals surface area contributed by atoms with E-state index < -0.39 is 10.0 Å². The number of benzene rings is 1. The first-order chi connectivity index (χ1) is 11.8. The number of fused-ring (bicyclic) bond motifs is 1. The monoisotopic (exact) mass is 362 g/mol. The van der Waals surface area contributed by atoms with Gasteiger partial charge in [0.2, 0.25) is 15.9 Å². The number of sulfonamides is 1. The maximum atomic E-state index is 13.0. The van der Waals surface area contributed by atoms with Crippen LogP contribution in [-0.4, -0.2) is 41.5 Å². The van der Waals surface area contributed by atoms with Crippen LogP contribution in [0.2, 0.25) is 0 Å². The molecule has 0 spiro atoms. The molecular formula is C17H22N4O3S. The normalized spacial score (nSPS) is 14.2. The molecule has 0 N–H and O–H groups in total. The predicted octanol–water partition coefficient (Wildman–Crippen LogP) is 1.54. The van der Waals surface area contributed by atoms with Crippen LogP contribution in [0.15, 0.2) is 35.5 Å². The maximum absolute atomic E-state index is 13.0. The summed E-state index contributed by atoms with van der Waals surface area (Å²) < 4.78 is 29.2. The van der Waals surface area contributed by atoms with Gasteiger partial charge < -0.3 is 4.90 Å². The van der Waals surface area contributed by atoms with Crippen molar-refractivity contribution in [1.82, 2.24) is 14.1 Å². The molecule has 3 rings (SSSR count). The van der Waals surface area contributed by atoms with E-state index in [0.29, 0.717) is 18.8 Å². The zero-order chi connectivity index (χ0) is 18.2. The largest absolute Gasteiger partial charge is 0.312 e. The van der Waals surface area contributed by atoms with Crippen LogP contribution in [0, 0.1) is 0 Å². The van der Waals surface area contributed by atoms with Crippen LogP contribution in [-0.2, 0) is 34.8 Å². The van der Waals surface area contributed by atoms with Gasteiger partial charge in [0.15, 0.2) is 0 Å². The minimum atomic E-state index is -3.65. The number of anilines is 1. The molecule has 25 heavy (non-hydrogen) atoms. The lowest BCUT2D eigenvalue weighted by atomic mass is 10.2. The number of hydrogen-bond donors (Lipinski definition) is 0. The second-order valence-electron chi connectivity index (χ2n) is 6.16. The molecule has 7 nitrogen and oxygen atoms in total. The standard InChI is InChI=1S/C17H22N4O3S/c1-4-20(12-14-10-18-19(3)11-14)25(23,24)16-6-5-15-7-8-21(13(2)22)17(15)9-16/h5-6,9-11H,4,7-8,12H2,1-3H3. The van der Waals surface area contributed by atoms with Gasteiger partial charge in [-0.3, -0.25) is 9.48 Å². The Balaban J connectivity index is 1.93. The Hall–Kier alpha value is -2.19. The summed E-state index contributed by atoms with van der Waals surface area (Å²) in [6, 6.07) is 5.05. The minimum Gasteiger partial charge on any atom is -0.312 e. The predicted molar refractivity (Wildman–Crippen MR) is 94.7 cm³/mol. The van der Waals surface area contributed by atoms with Gasteiger partial charge in [0, 0.05) is 51.1 Å². The van der Waals surface area contributed by atoms with E-state index in [0.717, 1.165) is 17.5 Å². The highest BCUT2D eigenvalue weighted by Gasteiger charge is 2.28. The van der Waals surface area contributed by atoms with Gasteiger partial charge in [-0.1, -0.05) is 13.0 Å². The molecule has 0 bridgehead atoms. The van der Waals surface area contributed by atoms with Gasteiger partial charge in [-0.15, -0.1) is 0 Å². The van der Waals surface area contributed by atoms with E-state index in [1.165, 1.54) is 11.2 Å². The van der Waals surface area contributed by atoms with Crippen molar-refractivity contribution >= 4 is 21.6 Å². The maximum Gasteiger partial charge on any atom is 0.243 e. The molecule has 0 fully saturated rings. The van der Waals surface area contributed by atoms with Crippen LogP contribution in [0.1, 0.15) is 25.0 Å². The lowest BCUT2D eigenvalue weighted by Gasteiger charge is -2.21. The average Bonchev–Trinajstić information content (AvgIpc) is 3.17. The first-order valence-electron chi connectivity index (χ1n) is 8.21. The van der Waals surface area contributed by atoms with E-state index in [1.54, 1.807) is 41.2 Å². The second-order valence-corrected chi connectivity index (χ2v) is 8.10. The van der Waals surface area contributed by atoms with E-state index in [1.807, 2.05) is 13.0 Å². The number of nitrogens with zero attached hydrogens (tertiary/aromatic N) is 4. The van der Waals surface area contributed by atoms with Crippen LogP contribution in [0.25, 0.3) is 0 Å². The van der Waals surface area contributed by atoms with Gasteiger partial charge in [-0.25, -0.2) is 8.42 Å². The van der Waals surface area contributed by atoms with Gasteiger partial charge >= 0.3 is 0 Å². The number of carbonyl (C=O) groups is 1. The summed E-state index contributed by atoms with van der Waals surface area (Å²) in [5, 5.41) is 4.09. The average molecular weight is 362 g/mol. The van der Waals surface area contributed by atoms with Crippen molar-refractivity contribution in [3.8, 4) is 0 Å². The number of hydrogen-bond acceptors (Lipinski definition) is 4. The summed E-state index contributed by atoms with van der Waals surface area (Å²) in [5.74, 6) is -0.0731. The fourth-order valence-electron chi connectivity index (χ4n) is 3.12. The van der Waals surface area contributed by atoms with Crippen LogP contribution in [0.3, 0.4) is 0 Å². The molecule has 0 saturated carbocycles. The summed E-state index contributed by atoms with van der Waals surface area (Å²) in [4.78, 5) is 13.6. The topological polar surface area (TPSA) is 75.5 Å². The molecule has 134 valence electrons. The van der Waals surface area contributed by atoms with E-state index in [2.05, 4.69) is 5.10 Å². The fourth-order valence-corrected chi connectivity index (χ4v) is 4.58. The highest BCUT2D eigenvalue weighted by atomic mass is 32.2. The molecule has 1 aliphatic rings. The molecule has 2 heterocycles. The zero-order valence-corrected chi connectivity index (χ0v) is 15.5. The molecule has 0 radical (unpaired) electrons. The third-order valence-electron chi connectivity index (χ3n) is 4.44. The molecule has 2 aromatic rings. The van der Waals surface area contributed by atoms with Crippen LogP contribution >= 0.6 is 0 Å². The SMILES string of the molecule is CCN(Cc1cnn(C)c1)S(=O)(=O)c1ccc2c(c1)N(C(C)=O)CC2. The Kier molecular flexibility index (Phi) is 4.66. The summed E-state index contributed by atoms with van der Waals surface area (Å²) >= 11 is 0. The number of amides is 1. The number of aromatic nitrogens is 2. The van der Waals surface area contributed by atoms with Gasteiger partial charge in [0.1, 0.15) is 0 Å². The molecule has 1 aromatic heterocycles. The number of aryl methyl sites for hydroxylation is 1. The van der Waals surface area contributed by atoms with Crippen molar-refractivity contribution in [1.29, 1.82) is 0 Å². The van der Waals surface area contributed by atoms with E-state index >= 15 is 0 Å². The zero-order valence-electron chi connectivity index (χ0n) is 14.6. The van der Waals surface area contributed by atoms with Crippen molar-refractivity contribution in [2.24, 2.45) is 7.05 Å². The molecule has 8 heteroatoms. The van der Waals surface area contributed by atoms with Gasteiger partial charge in [-0.2, -0.15) is 9.40 Å². The molecule has 1 amide bonds. The molecule has 0 saturated heterocycles. The molecular weight excluding hydrogens is 340 g/mol. The van der Waals surface area contributed by atoms with E-state index in [9.17, 15) is 13.2 Å². The fraction of sp³-hybridized carbons (Fsp3) is 0.412. The van der Waals surface area contributed by atoms with Gasteiger partial charge in [0.25, 0.3) is 0 Å². The van der Waals surface area contributed by atoms with Crippen molar-refractivity contribution in [2.75, 3.05) is 18.0 Å². The Bertz CT molecular complexity index is 904. The Morgan fingerprint density at radius 2 is 2.12 bits per heavy atom. The molecule has 1 aromatic carbocycles. The second kappa shape index (κ2) is 6.61. The first-order valence-corrected chi connectivity index (χ1v) is 9.65. The molecule has 0 unspecified atom stereocenters. The summed E-state index contributed by atoms with van der Waals surface area (Å²) in [5.41, 5.74) is 2.54. The summed E-state index contributed by atoms with van der Waals surface area (Å²) in [7, 11) is -1.86. The van der Waals surface area contributed by atoms with Crippen LogP contribution in [0.5, 0.6) is 0 Å². The van der Waals surface area contributed by atoms with E-state index in [4.69, 9.17) is 0 Å². The Morgan fingerprint density at radius 1 is 1.36 bits per heavy atom. The highest BCUT2D eigenvalue weighted by molar-refractivity contribution is 7.89. The van der Waals surface area contributed by atoms with Crippen molar-refractivity contribution in [3.63, 3.8) is 0 Å². The Morgan fingerprint density at radius 3 is 2.72 bits per heavy atom. The lowest BCUT2D eigenvalue weighted by Crippen LogP contribution is -2.31. The van der Waals surface area contributed by atoms with Crippen molar-refractivity contribution in [2.45, 2.75) is 31.7 Å². The van der Waals surface area contributed by atoms with Gasteiger partial charge in [0.05, 0.1) is 11.1 Å². The van der Waals surface area contributed by atoms with E-state index in [-0.39, 0.29) is 17.3 Å².